The summed E-state index contributed by atoms with van der Waals surface area (Å²) in [6.45, 7) is 3.65. The maximum atomic E-state index is 12.4. The molecule has 1 aliphatic heterocycles. The first-order chi connectivity index (χ1) is 12.2. The Balaban J connectivity index is 1.45. The molecular formula is C17H27N5O3. The van der Waals surface area contributed by atoms with E-state index in [0.29, 0.717) is 26.2 Å². The van der Waals surface area contributed by atoms with Gasteiger partial charge in [-0.1, -0.05) is 6.42 Å². The second-order valence-electron chi connectivity index (χ2n) is 6.69. The van der Waals surface area contributed by atoms with Gasteiger partial charge in [-0.05, 0) is 25.3 Å². The molecule has 2 aliphatic rings. The van der Waals surface area contributed by atoms with Gasteiger partial charge in [0.1, 0.15) is 0 Å². The van der Waals surface area contributed by atoms with Crippen molar-refractivity contribution in [2.45, 2.75) is 45.3 Å². The van der Waals surface area contributed by atoms with Crippen molar-refractivity contribution in [2.24, 2.45) is 5.92 Å². The number of urea groups is 1. The van der Waals surface area contributed by atoms with Gasteiger partial charge < -0.3 is 20.3 Å². The normalized spacial score (nSPS) is 16.9. The lowest BCUT2D eigenvalue weighted by atomic mass is 9.84. The zero-order valence-electron chi connectivity index (χ0n) is 14.8. The van der Waals surface area contributed by atoms with Crippen molar-refractivity contribution >= 4 is 11.9 Å². The van der Waals surface area contributed by atoms with Crippen LogP contribution in [-0.2, 0) is 29.2 Å². The monoisotopic (exact) mass is 349 g/mol. The van der Waals surface area contributed by atoms with E-state index >= 15 is 0 Å². The summed E-state index contributed by atoms with van der Waals surface area (Å²) < 4.78 is 6.88. The number of rotatable bonds is 7. The number of hydrogen-bond donors (Lipinski definition) is 2. The van der Waals surface area contributed by atoms with Gasteiger partial charge in [-0.2, -0.15) is 5.10 Å². The Morgan fingerprint density at radius 3 is 2.88 bits per heavy atom. The number of amides is 3. The second-order valence-corrected chi connectivity index (χ2v) is 6.69. The second kappa shape index (κ2) is 8.33. The number of methoxy groups -OCH3 is 1. The van der Waals surface area contributed by atoms with Crippen molar-refractivity contribution in [3.8, 4) is 0 Å². The highest BCUT2D eigenvalue weighted by Gasteiger charge is 2.31. The number of nitrogens with one attached hydrogen (secondary N) is 2. The molecule has 0 bridgehead atoms. The first-order valence-corrected chi connectivity index (χ1v) is 9.02. The lowest BCUT2D eigenvalue weighted by Crippen LogP contribution is -2.43. The van der Waals surface area contributed by atoms with Crippen molar-refractivity contribution in [1.29, 1.82) is 0 Å². The Morgan fingerprint density at radius 2 is 2.16 bits per heavy atom. The van der Waals surface area contributed by atoms with Crippen molar-refractivity contribution in [3.05, 3.63) is 17.5 Å². The van der Waals surface area contributed by atoms with E-state index in [1.807, 2.05) is 15.6 Å². The smallest absolute Gasteiger partial charge is 0.315 e. The predicted molar refractivity (Wildman–Crippen MR) is 91.7 cm³/mol. The average Bonchev–Trinajstić information content (AvgIpc) is 2.97. The SMILES string of the molecule is COCCCNC(=O)NCc1cc2n(n1)CCN(C(=O)C1CCC1)C2. The van der Waals surface area contributed by atoms with Gasteiger partial charge in [-0.15, -0.1) is 0 Å². The summed E-state index contributed by atoms with van der Waals surface area (Å²) in [5, 5.41) is 10.1. The van der Waals surface area contributed by atoms with Gasteiger partial charge >= 0.3 is 6.03 Å². The molecule has 1 aromatic heterocycles. The lowest BCUT2D eigenvalue weighted by Gasteiger charge is -2.34. The predicted octanol–water partition coefficient (Wildman–Crippen LogP) is 0.861. The molecule has 0 aromatic carbocycles. The fourth-order valence-corrected chi connectivity index (χ4v) is 3.17. The van der Waals surface area contributed by atoms with Crippen LogP contribution in [0.2, 0.25) is 0 Å². The molecule has 2 heterocycles. The van der Waals surface area contributed by atoms with Crippen LogP contribution in [0, 0.1) is 5.92 Å². The number of ether oxygens (including phenoxy) is 1. The Labute approximate surface area is 147 Å². The fraction of sp³-hybridized carbons (Fsp3) is 0.706. The van der Waals surface area contributed by atoms with Crippen LogP contribution in [0.4, 0.5) is 4.79 Å². The summed E-state index contributed by atoms with van der Waals surface area (Å²) in [4.78, 5) is 26.1. The maximum Gasteiger partial charge on any atom is 0.315 e. The van der Waals surface area contributed by atoms with Gasteiger partial charge in [0, 0.05) is 32.7 Å². The van der Waals surface area contributed by atoms with Gasteiger partial charge in [0.25, 0.3) is 0 Å². The molecule has 0 radical (unpaired) electrons. The zero-order chi connectivity index (χ0) is 17.6. The van der Waals surface area contributed by atoms with Crippen molar-refractivity contribution in [2.75, 3.05) is 26.8 Å². The van der Waals surface area contributed by atoms with Crippen LogP contribution in [0.1, 0.15) is 37.1 Å². The third kappa shape index (κ3) is 4.50. The van der Waals surface area contributed by atoms with Crippen LogP contribution >= 0.6 is 0 Å². The standard InChI is InChI=1S/C17H27N5O3/c1-25-9-3-6-18-17(24)19-11-14-10-15-12-21(7-8-22(15)20-14)16(23)13-4-2-5-13/h10,13H,2-9,11-12H2,1H3,(H2,18,19,24). The molecule has 1 fully saturated rings. The summed E-state index contributed by atoms with van der Waals surface area (Å²) in [6, 6.07) is 1.77. The van der Waals surface area contributed by atoms with E-state index in [9.17, 15) is 9.59 Å². The van der Waals surface area contributed by atoms with E-state index in [4.69, 9.17) is 4.74 Å². The number of carbonyl (C=O) groups is 2. The maximum absolute atomic E-state index is 12.4. The highest BCUT2D eigenvalue weighted by atomic mass is 16.5. The van der Waals surface area contributed by atoms with Gasteiger partial charge in [-0.25, -0.2) is 4.79 Å². The molecule has 3 amide bonds. The Bertz CT molecular complexity index is 611. The highest BCUT2D eigenvalue weighted by molar-refractivity contribution is 5.79. The van der Waals surface area contributed by atoms with Crippen molar-refractivity contribution in [3.63, 3.8) is 0 Å². The molecule has 0 atom stereocenters. The van der Waals surface area contributed by atoms with E-state index in [-0.39, 0.29) is 17.9 Å². The third-order valence-electron chi connectivity index (χ3n) is 4.86. The molecule has 0 unspecified atom stereocenters. The molecule has 8 heteroatoms. The molecule has 0 spiro atoms. The molecule has 1 aliphatic carbocycles. The van der Waals surface area contributed by atoms with Gasteiger partial charge in [-0.3, -0.25) is 9.48 Å². The van der Waals surface area contributed by atoms with Crippen LogP contribution in [-0.4, -0.2) is 53.4 Å². The molecule has 1 aromatic rings. The minimum atomic E-state index is -0.205. The van der Waals surface area contributed by atoms with Crippen LogP contribution in [0.25, 0.3) is 0 Å². The summed E-state index contributed by atoms with van der Waals surface area (Å²) in [6.07, 6.45) is 4.02. The summed E-state index contributed by atoms with van der Waals surface area (Å²) in [5.74, 6) is 0.520. The topological polar surface area (TPSA) is 88.5 Å². The molecule has 138 valence electrons. The number of fused-ring (bicyclic) bond motifs is 1. The van der Waals surface area contributed by atoms with Crippen LogP contribution in [0.3, 0.4) is 0 Å². The van der Waals surface area contributed by atoms with Crippen LogP contribution in [0.5, 0.6) is 0 Å². The Morgan fingerprint density at radius 1 is 1.32 bits per heavy atom. The fourth-order valence-electron chi connectivity index (χ4n) is 3.17. The molecule has 8 nitrogen and oxygen atoms in total. The van der Waals surface area contributed by atoms with E-state index in [2.05, 4.69) is 15.7 Å². The molecule has 0 saturated heterocycles. The van der Waals surface area contributed by atoms with Crippen molar-refractivity contribution in [1.82, 2.24) is 25.3 Å². The lowest BCUT2D eigenvalue weighted by molar-refractivity contribution is -0.139. The number of hydrogen-bond acceptors (Lipinski definition) is 4. The Kier molecular flexibility index (Phi) is 5.91. The largest absolute Gasteiger partial charge is 0.385 e. The first kappa shape index (κ1) is 17.7. The highest BCUT2D eigenvalue weighted by Crippen LogP contribution is 2.29. The summed E-state index contributed by atoms with van der Waals surface area (Å²) in [7, 11) is 1.64. The van der Waals surface area contributed by atoms with E-state index < -0.39 is 0 Å². The summed E-state index contributed by atoms with van der Waals surface area (Å²) >= 11 is 0. The average molecular weight is 349 g/mol. The quantitative estimate of drug-likeness (QED) is 0.715. The third-order valence-corrected chi connectivity index (χ3v) is 4.86. The van der Waals surface area contributed by atoms with E-state index in [1.165, 1.54) is 6.42 Å². The number of nitrogens with zero attached hydrogens (tertiary/aromatic N) is 3. The minimum absolute atomic E-state index is 0.205. The molecule has 1 saturated carbocycles. The molecule has 25 heavy (non-hydrogen) atoms. The number of aromatic nitrogens is 2. The Hall–Kier alpha value is -2.09. The van der Waals surface area contributed by atoms with E-state index in [1.54, 1.807) is 7.11 Å². The van der Waals surface area contributed by atoms with Gasteiger partial charge in [0.05, 0.1) is 31.0 Å². The van der Waals surface area contributed by atoms with Crippen LogP contribution in [0.15, 0.2) is 6.07 Å². The van der Waals surface area contributed by atoms with Gasteiger partial charge in [0.15, 0.2) is 0 Å². The van der Waals surface area contributed by atoms with Crippen molar-refractivity contribution < 1.29 is 14.3 Å². The van der Waals surface area contributed by atoms with Gasteiger partial charge in [0.2, 0.25) is 5.91 Å². The molecule has 2 N–H and O–H groups in total. The van der Waals surface area contributed by atoms with Crippen LogP contribution < -0.4 is 10.6 Å². The molecule has 3 rings (SSSR count). The van der Waals surface area contributed by atoms with E-state index in [0.717, 1.165) is 43.7 Å². The first-order valence-electron chi connectivity index (χ1n) is 9.02. The number of carbonyl (C=O) groups excluding carboxylic acids is 2. The minimum Gasteiger partial charge on any atom is -0.385 e. The zero-order valence-corrected chi connectivity index (χ0v) is 14.8. The molecular weight excluding hydrogens is 322 g/mol. The summed E-state index contributed by atoms with van der Waals surface area (Å²) in [5.41, 5.74) is 1.86.